The highest BCUT2D eigenvalue weighted by atomic mass is 19.4. The molecule has 0 saturated carbocycles. The zero-order valence-electron chi connectivity index (χ0n) is 15.5. The second-order valence-corrected chi connectivity index (χ2v) is 6.60. The molecule has 1 N–H and O–H groups in total. The Hall–Kier alpha value is -3.87. The number of rotatable bonds is 4. The molecular formula is C23H15F3N2O2. The lowest BCUT2D eigenvalue weighted by Gasteiger charge is -2.17. The zero-order valence-corrected chi connectivity index (χ0v) is 15.5. The van der Waals surface area contributed by atoms with Crippen LogP contribution in [-0.2, 0) is 15.8 Å². The van der Waals surface area contributed by atoms with Crippen molar-refractivity contribution in [1.29, 1.82) is 0 Å². The third-order valence-electron chi connectivity index (χ3n) is 4.62. The maximum Gasteiger partial charge on any atom is 0.416 e. The van der Waals surface area contributed by atoms with Crippen LogP contribution in [0.2, 0.25) is 0 Å². The maximum atomic E-state index is 13.2. The van der Waals surface area contributed by atoms with Crippen LogP contribution < -0.4 is 10.2 Å². The number of amides is 2. The van der Waals surface area contributed by atoms with E-state index < -0.39 is 23.6 Å². The summed E-state index contributed by atoms with van der Waals surface area (Å²) in [6, 6.07) is 21.5. The fourth-order valence-corrected chi connectivity index (χ4v) is 3.24. The number of para-hydroxylation sites is 1. The summed E-state index contributed by atoms with van der Waals surface area (Å²) in [6.45, 7) is 0. The van der Waals surface area contributed by atoms with Crippen molar-refractivity contribution in [3.05, 3.63) is 102 Å². The average Bonchev–Trinajstić information content (AvgIpc) is 2.98. The number of anilines is 2. The van der Waals surface area contributed by atoms with E-state index in [1.807, 2.05) is 0 Å². The third-order valence-corrected chi connectivity index (χ3v) is 4.62. The summed E-state index contributed by atoms with van der Waals surface area (Å²) in [5, 5.41) is 2.96. The molecule has 3 aromatic rings. The first-order chi connectivity index (χ1) is 14.4. The van der Waals surface area contributed by atoms with Gasteiger partial charge in [-0.2, -0.15) is 13.2 Å². The molecule has 3 aromatic carbocycles. The number of hydrogen-bond donors (Lipinski definition) is 1. The molecule has 4 rings (SSSR count). The number of imide groups is 1. The number of carbonyl (C=O) groups excluding carboxylic acids is 2. The molecule has 30 heavy (non-hydrogen) atoms. The molecule has 1 aliphatic heterocycles. The molecule has 0 bridgehead atoms. The average molecular weight is 408 g/mol. The standard InChI is InChI=1S/C23H15F3N2O2/c24-23(25,26)16-10-7-13-18(14-16)28-21(29)19(15-8-3-1-4-9-15)20(22(28)30)27-17-11-5-2-6-12-17/h1-14,27H. The molecule has 0 radical (unpaired) electrons. The first-order valence-electron chi connectivity index (χ1n) is 9.04. The zero-order chi connectivity index (χ0) is 21.3. The Bertz CT molecular complexity index is 1140. The minimum Gasteiger partial charge on any atom is -0.350 e. The number of hydrogen-bond acceptors (Lipinski definition) is 3. The van der Waals surface area contributed by atoms with Gasteiger partial charge in [0.05, 0.1) is 16.8 Å². The molecule has 0 aromatic heterocycles. The Morgan fingerprint density at radius 3 is 2.00 bits per heavy atom. The summed E-state index contributed by atoms with van der Waals surface area (Å²) in [5.74, 6) is -1.41. The van der Waals surface area contributed by atoms with Crippen LogP contribution in [0.3, 0.4) is 0 Å². The molecule has 1 aliphatic rings. The second kappa shape index (κ2) is 7.51. The SMILES string of the molecule is O=C1C(Nc2ccccc2)=C(c2ccccc2)C(=O)N1c1cccc(C(F)(F)F)c1. The van der Waals surface area contributed by atoms with Crippen molar-refractivity contribution in [1.82, 2.24) is 0 Å². The molecule has 4 nitrogen and oxygen atoms in total. The highest BCUT2D eigenvalue weighted by molar-refractivity contribution is 6.46. The van der Waals surface area contributed by atoms with Crippen LogP contribution in [0.1, 0.15) is 11.1 Å². The summed E-state index contributed by atoms with van der Waals surface area (Å²) in [6.07, 6.45) is -4.59. The lowest BCUT2D eigenvalue weighted by molar-refractivity contribution is -0.137. The lowest BCUT2D eigenvalue weighted by Crippen LogP contribution is -2.32. The van der Waals surface area contributed by atoms with Gasteiger partial charge < -0.3 is 5.32 Å². The highest BCUT2D eigenvalue weighted by Crippen LogP contribution is 2.36. The Balaban J connectivity index is 1.81. The number of carbonyl (C=O) groups is 2. The van der Waals surface area contributed by atoms with Crippen LogP contribution in [-0.4, -0.2) is 11.8 Å². The first kappa shape index (κ1) is 19.4. The number of benzene rings is 3. The van der Waals surface area contributed by atoms with Gasteiger partial charge in [0, 0.05) is 5.69 Å². The van der Waals surface area contributed by atoms with Crippen molar-refractivity contribution < 1.29 is 22.8 Å². The van der Waals surface area contributed by atoms with Gasteiger partial charge in [-0.25, -0.2) is 4.90 Å². The Labute approximate surface area is 170 Å². The quantitative estimate of drug-likeness (QED) is 0.611. The fraction of sp³-hybridized carbons (Fsp3) is 0.0435. The summed E-state index contributed by atoms with van der Waals surface area (Å²) < 4.78 is 39.4. The molecule has 2 amide bonds. The largest absolute Gasteiger partial charge is 0.416 e. The van der Waals surface area contributed by atoms with Gasteiger partial charge in [0.1, 0.15) is 5.70 Å². The molecule has 0 spiro atoms. The normalized spacial score (nSPS) is 14.4. The Morgan fingerprint density at radius 2 is 1.37 bits per heavy atom. The van der Waals surface area contributed by atoms with E-state index in [0.717, 1.165) is 17.0 Å². The number of alkyl halides is 3. The molecule has 150 valence electrons. The fourth-order valence-electron chi connectivity index (χ4n) is 3.24. The minimum absolute atomic E-state index is 0.00908. The summed E-state index contributed by atoms with van der Waals surface area (Å²) in [7, 11) is 0. The lowest BCUT2D eigenvalue weighted by atomic mass is 10.0. The van der Waals surface area contributed by atoms with Crippen LogP contribution in [0.4, 0.5) is 24.5 Å². The van der Waals surface area contributed by atoms with Gasteiger partial charge in [0.15, 0.2) is 0 Å². The summed E-state index contributed by atoms with van der Waals surface area (Å²) >= 11 is 0. The smallest absolute Gasteiger partial charge is 0.350 e. The second-order valence-electron chi connectivity index (χ2n) is 6.60. The maximum absolute atomic E-state index is 13.2. The molecule has 7 heteroatoms. The van der Waals surface area contributed by atoms with E-state index in [9.17, 15) is 22.8 Å². The van der Waals surface area contributed by atoms with Crippen LogP contribution in [0.5, 0.6) is 0 Å². The van der Waals surface area contributed by atoms with E-state index in [0.29, 0.717) is 11.3 Å². The van der Waals surface area contributed by atoms with Crippen molar-refractivity contribution in [3.8, 4) is 0 Å². The van der Waals surface area contributed by atoms with E-state index >= 15 is 0 Å². The van der Waals surface area contributed by atoms with Gasteiger partial charge in [0.25, 0.3) is 11.8 Å². The molecule has 0 aliphatic carbocycles. The monoisotopic (exact) mass is 408 g/mol. The van der Waals surface area contributed by atoms with Crippen LogP contribution in [0, 0.1) is 0 Å². The highest BCUT2D eigenvalue weighted by Gasteiger charge is 2.41. The predicted octanol–water partition coefficient (Wildman–Crippen LogP) is 5.10. The predicted molar refractivity (Wildman–Crippen MR) is 107 cm³/mol. The van der Waals surface area contributed by atoms with Gasteiger partial charge in [-0.15, -0.1) is 0 Å². The minimum atomic E-state index is -4.59. The van der Waals surface area contributed by atoms with Crippen LogP contribution in [0.15, 0.2) is 90.6 Å². The first-order valence-corrected chi connectivity index (χ1v) is 9.04. The molecule has 0 unspecified atom stereocenters. The van der Waals surface area contributed by atoms with Gasteiger partial charge >= 0.3 is 6.18 Å². The molecule has 0 atom stereocenters. The third kappa shape index (κ3) is 3.57. The van der Waals surface area contributed by atoms with E-state index in [4.69, 9.17) is 0 Å². The van der Waals surface area contributed by atoms with E-state index in [2.05, 4.69) is 5.32 Å². The van der Waals surface area contributed by atoms with Crippen LogP contribution >= 0.6 is 0 Å². The van der Waals surface area contributed by atoms with Crippen molar-refractivity contribution >= 4 is 28.8 Å². The Kier molecular flexibility index (Phi) is 4.87. The van der Waals surface area contributed by atoms with Crippen molar-refractivity contribution in [2.24, 2.45) is 0 Å². The van der Waals surface area contributed by atoms with Crippen molar-refractivity contribution in [3.63, 3.8) is 0 Å². The number of nitrogens with one attached hydrogen (secondary N) is 1. The number of nitrogens with zero attached hydrogens (tertiary/aromatic N) is 1. The van der Waals surface area contributed by atoms with Gasteiger partial charge in [0.2, 0.25) is 0 Å². The van der Waals surface area contributed by atoms with E-state index in [1.165, 1.54) is 12.1 Å². The molecular weight excluding hydrogens is 393 g/mol. The van der Waals surface area contributed by atoms with Crippen LogP contribution in [0.25, 0.3) is 5.57 Å². The number of halogens is 3. The molecule has 0 fully saturated rings. The summed E-state index contributed by atoms with van der Waals surface area (Å²) in [5.41, 5.74) is 0.0952. The van der Waals surface area contributed by atoms with E-state index in [1.54, 1.807) is 60.7 Å². The van der Waals surface area contributed by atoms with Gasteiger partial charge in [-0.1, -0.05) is 54.6 Å². The summed E-state index contributed by atoms with van der Waals surface area (Å²) in [4.78, 5) is 27.1. The van der Waals surface area contributed by atoms with Gasteiger partial charge in [-0.05, 0) is 35.9 Å². The molecule has 1 heterocycles. The van der Waals surface area contributed by atoms with E-state index in [-0.39, 0.29) is 17.0 Å². The Morgan fingerprint density at radius 1 is 0.733 bits per heavy atom. The van der Waals surface area contributed by atoms with Gasteiger partial charge in [-0.3, -0.25) is 9.59 Å². The topological polar surface area (TPSA) is 49.4 Å². The molecule has 0 saturated heterocycles. The van der Waals surface area contributed by atoms with Crippen molar-refractivity contribution in [2.75, 3.05) is 10.2 Å². The van der Waals surface area contributed by atoms with Crippen molar-refractivity contribution in [2.45, 2.75) is 6.18 Å².